The van der Waals surface area contributed by atoms with Crippen LogP contribution < -0.4 is 9.47 Å². The number of halogens is 2. The van der Waals surface area contributed by atoms with Crippen LogP contribution in [0.15, 0.2) is 54.4 Å². The summed E-state index contributed by atoms with van der Waals surface area (Å²) in [5.41, 5.74) is 1.87. The van der Waals surface area contributed by atoms with E-state index in [1.54, 1.807) is 57.1 Å². The van der Waals surface area contributed by atoms with Gasteiger partial charge in [0.25, 0.3) is 0 Å². The third-order valence-corrected chi connectivity index (χ3v) is 6.77. The van der Waals surface area contributed by atoms with Gasteiger partial charge in [-0.05, 0) is 75.9 Å². The van der Waals surface area contributed by atoms with E-state index in [1.165, 1.54) is 18.5 Å². The van der Waals surface area contributed by atoms with Crippen molar-refractivity contribution < 1.29 is 33.3 Å². The number of hydrogen-bond donors (Lipinski definition) is 1. The number of aromatic nitrogens is 2. The first kappa shape index (κ1) is 32.9. The van der Waals surface area contributed by atoms with Crippen molar-refractivity contribution in [2.75, 3.05) is 27.3 Å². The fourth-order valence-corrected chi connectivity index (χ4v) is 4.33. The predicted molar refractivity (Wildman–Crippen MR) is 166 cm³/mol. The van der Waals surface area contributed by atoms with Crippen molar-refractivity contribution in [3.05, 3.63) is 75.5 Å². The number of aromatic amines is 1. The van der Waals surface area contributed by atoms with Crippen molar-refractivity contribution in [3.8, 4) is 22.8 Å². The molecule has 12 heteroatoms. The molecule has 2 saturated carbocycles. The second-order valence-corrected chi connectivity index (χ2v) is 11.2. The minimum atomic E-state index is -0.663. The Bertz CT molecular complexity index is 1530. The number of nitrogens with zero attached hydrogens (tertiary/aromatic N) is 2. The van der Waals surface area contributed by atoms with Crippen LogP contribution in [0.5, 0.6) is 11.5 Å². The average Bonchev–Trinajstić information content (AvgIpc) is 3.93. The average molecular weight is 645 g/mol. The summed E-state index contributed by atoms with van der Waals surface area (Å²) in [4.78, 5) is 38.5. The van der Waals surface area contributed by atoms with Crippen molar-refractivity contribution in [1.82, 2.24) is 15.1 Å². The maximum atomic E-state index is 12.8. The minimum Gasteiger partial charge on any atom is -0.490 e. The van der Waals surface area contributed by atoms with Crippen LogP contribution in [0.2, 0.25) is 10.0 Å². The highest BCUT2D eigenvalue weighted by Crippen LogP contribution is 2.37. The number of ketones is 1. The number of carbonyl (C=O) groups excluding carboxylic acids is 3. The Hall–Kier alpha value is -4.02. The molecule has 0 atom stereocenters. The first-order valence-corrected chi connectivity index (χ1v) is 15.1. The predicted octanol–water partition coefficient (Wildman–Crippen LogP) is 6.52. The van der Waals surface area contributed by atoms with Crippen LogP contribution in [-0.2, 0) is 14.3 Å². The van der Waals surface area contributed by atoms with Crippen molar-refractivity contribution in [1.29, 1.82) is 0 Å². The van der Waals surface area contributed by atoms with Gasteiger partial charge >= 0.3 is 11.9 Å². The molecule has 234 valence electrons. The van der Waals surface area contributed by atoms with E-state index >= 15 is 0 Å². The molecule has 3 aromatic rings. The molecule has 1 N–H and O–H groups in total. The van der Waals surface area contributed by atoms with Crippen molar-refractivity contribution in [2.24, 2.45) is 0 Å². The van der Waals surface area contributed by atoms with Crippen LogP contribution in [0.1, 0.15) is 60.2 Å². The van der Waals surface area contributed by atoms with Gasteiger partial charge in [-0.3, -0.25) is 9.89 Å². The first-order valence-electron chi connectivity index (χ1n) is 14.3. The largest absolute Gasteiger partial charge is 0.490 e. The van der Waals surface area contributed by atoms with Gasteiger partial charge in [0, 0.05) is 35.9 Å². The van der Waals surface area contributed by atoms with Crippen LogP contribution in [0.4, 0.5) is 0 Å². The molecule has 10 nitrogen and oxygen atoms in total. The number of hydrogen-bond acceptors (Lipinski definition) is 9. The molecule has 1 heterocycles. The molecule has 44 heavy (non-hydrogen) atoms. The monoisotopic (exact) mass is 643 g/mol. The third-order valence-electron chi connectivity index (χ3n) is 6.30. The smallest absolute Gasteiger partial charge is 0.343 e. The van der Waals surface area contributed by atoms with E-state index in [4.69, 9.17) is 42.1 Å². The molecule has 2 aliphatic rings. The highest BCUT2D eigenvalue weighted by Gasteiger charge is 2.29. The van der Waals surface area contributed by atoms with E-state index in [0.717, 1.165) is 31.2 Å². The SMILES string of the molecule is CCOC(=O)C(=CN(C)C)C(=O)c1cc(Cl)ccc1OC1CC1.CCOC(=O)c1cn[nH]c1-c1cc(Cl)ccc1OC1CC1. The van der Waals surface area contributed by atoms with Gasteiger partial charge in [0.1, 0.15) is 22.6 Å². The van der Waals surface area contributed by atoms with Crippen LogP contribution >= 0.6 is 23.2 Å². The number of benzene rings is 2. The van der Waals surface area contributed by atoms with Gasteiger partial charge in [0.05, 0.1) is 42.9 Å². The van der Waals surface area contributed by atoms with Gasteiger partial charge in [-0.15, -0.1) is 0 Å². The Balaban J connectivity index is 0.000000201. The van der Waals surface area contributed by atoms with E-state index in [0.29, 0.717) is 39.4 Å². The van der Waals surface area contributed by atoms with Crippen molar-refractivity contribution in [2.45, 2.75) is 51.7 Å². The van der Waals surface area contributed by atoms with Gasteiger partial charge in [-0.25, -0.2) is 9.59 Å². The molecule has 2 aromatic carbocycles. The Morgan fingerprint density at radius 3 is 2.07 bits per heavy atom. The van der Waals surface area contributed by atoms with Gasteiger partial charge in [-0.2, -0.15) is 5.10 Å². The highest BCUT2D eigenvalue weighted by atomic mass is 35.5. The van der Waals surface area contributed by atoms with E-state index in [9.17, 15) is 14.4 Å². The number of nitrogens with one attached hydrogen (secondary N) is 1. The first-order chi connectivity index (χ1) is 21.1. The number of H-pyrrole nitrogens is 1. The van der Waals surface area contributed by atoms with Gasteiger partial charge in [-0.1, -0.05) is 23.2 Å². The molecule has 0 saturated heterocycles. The summed E-state index contributed by atoms with van der Waals surface area (Å²) in [6.07, 6.45) is 7.32. The van der Waals surface area contributed by atoms with Gasteiger partial charge in [0.15, 0.2) is 0 Å². The zero-order valence-corrected chi connectivity index (χ0v) is 26.5. The topological polar surface area (TPSA) is 120 Å². The molecule has 0 unspecified atom stereocenters. The zero-order chi connectivity index (χ0) is 31.8. The lowest BCUT2D eigenvalue weighted by atomic mass is 10.0. The Morgan fingerprint density at radius 1 is 0.886 bits per heavy atom. The number of ether oxygens (including phenoxy) is 4. The summed E-state index contributed by atoms with van der Waals surface area (Å²) in [6, 6.07) is 10.2. The molecular weight excluding hydrogens is 609 g/mol. The van der Waals surface area contributed by atoms with E-state index in [-0.39, 0.29) is 30.0 Å². The van der Waals surface area contributed by atoms with Crippen LogP contribution in [0, 0.1) is 0 Å². The highest BCUT2D eigenvalue weighted by molar-refractivity contribution is 6.32. The summed E-state index contributed by atoms with van der Waals surface area (Å²) >= 11 is 12.1. The minimum absolute atomic E-state index is 0.0558. The number of carbonyl (C=O) groups is 3. The fraction of sp³-hybridized carbons (Fsp3) is 0.375. The molecule has 0 aliphatic heterocycles. The molecule has 0 amide bonds. The Kier molecular flexibility index (Phi) is 11.3. The van der Waals surface area contributed by atoms with E-state index in [2.05, 4.69) is 10.2 Å². The molecule has 5 rings (SSSR count). The molecule has 0 bridgehead atoms. The molecule has 0 radical (unpaired) electrons. The summed E-state index contributed by atoms with van der Waals surface area (Å²) in [7, 11) is 3.46. The zero-order valence-electron chi connectivity index (χ0n) is 25.0. The van der Waals surface area contributed by atoms with Crippen LogP contribution in [0.3, 0.4) is 0 Å². The maximum absolute atomic E-state index is 12.8. The van der Waals surface area contributed by atoms with Crippen molar-refractivity contribution in [3.63, 3.8) is 0 Å². The molecule has 0 spiro atoms. The molecule has 2 fully saturated rings. The summed E-state index contributed by atoms with van der Waals surface area (Å²) in [6.45, 7) is 3.96. The quantitative estimate of drug-likeness (QED) is 0.0773. The summed E-state index contributed by atoms with van der Waals surface area (Å²) in [5, 5.41) is 7.75. The second kappa shape index (κ2) is 15.1. The third kappa shape index (κ3) is 9.00. The standard InChI is InChI=1S/C17H20ClNO4.C15H15ClN2O3/c1-4-22-17(21)14(10-19(2)3)16(20)13-9-11(18)5-8-15(13)23-12-6-7-12;1-2-20-15(19)12-8-17-18-14(12)11-7-9(16)3-6-13(11)21-10-4-5-10/h5,8-10,12H,4,6-7H2,1-3H3;3,6-8,10H,2,4-5H2,1H3,(H,17,18). The number of rotatable bonds is 12. The van der Waals surface area contributed by atoms with Gasteiger partial charge in [0.2, 0.25) is 5.78 Å². The fourth-order valence-electron chi connectivity index (χ4n) is 3.98. The molecular formula is C32H35Cl2N3O7. The van der Waals surface area contributed by atoms with Gasteiger partial charge < -0.3 is 23.8 Å². The van der Waals surface area contributed by atoms with Crippen LogP contribution in [0.25, 0.3) is 11.3 Å². The summed E-state index contributed by atoms with van der Waals surface area (Å²) < 4.78 is 21.6. The lowest BCUT2D eigenvalue weighted by Crippen LogP contribution is -2.20. The number of esters is 2. The van der Waals surface area contributed by atoms with E-state index in [1.807, 2.05) is 6.07 Å². The second-order valence-electron chi connectivity index (χ2n) is 10.4. The Morgan fingerprint density at radius 2 is 1.48 bits per heavy atom. The molecule has 1 aromatic heterocycles. The Labute approximate surface area is 266 Å². The normalized spacial score (nSPS) is 14.2. The summed E-state index contributed by atoms with van der Waals surface area (Å²) in [5.74, 6) is -0.412. The van der Waals surface area contributed by atoms with Crippen molar-refractivity contribution >= 4 is 40.9 Å². The maximum Gasteiger partial charge on any atom is 0.343 e. The molecule has 2 aliphatic carbocycles. The lowest BCUT2D eigenvalue weighted by molar-refractivity contribution is -0.138. The van der Waals surface area contributed by atoms with Crippen LogP contribution in [-0.4, -0.2) is 72.3 Å². The lowest BCUT2D eigenvalue weighted by Gasteiger charge is -2.14. The number of Topliss-reactive ketones (excluding diaryl/α,β-unsaturated/α-hetero) is 1. The van der Waals surface area contributed by atoms with E-state index < -0.39 is 17.7 Å².